The molecule has 2 aromatic rings. The number of aromatic nitrogens is 2. The highest BCUT2D eigenvalue weighted by Crippen LogP contribution is 2.30. The van der Waals surface area contributed by atoms with Gasteiger partial charge in [-0.2, -0.15) is 5.10 Å². The molecule has 0 aliphatic carbocycles. The van der Waals surface area contributed by atoms with E-state index in [1.807, 2.05) is 31.2 Å². The molecule has 1 atom stereocenters. The van der Waals surface area contributed by atoms with E-state index >= 15 is 0 Å². The van der Waals surface area contributed by atoms with Crippen molar-refractivity contribution >= 4 is 6.29 Å². The number of carbonyl (C=O) groups excluding carboxylic acids is 1. The van der Waals surface area contributed by atoms with Crippen LogP contribution in [0.2, 0.25) is 0 Å². The molecule has 0 amide bonds. The Morgan fingerprint density at radius 1 is 1.42 bits per heavy atom. The van der Waals surface area contributed by atoms with Gasteiger partial charge in [0, 0.05) is 12.8 Å². The lowest BCUT2D eigenvalue weighted by Crippen LogP contribution is -2.02. The molecule has 1 aliphatic rings. The first kappa shape index (κ1) is 12.1. The summed E-state index contributed by atoms with van der Waals surface area (Å²) in [5.74, 6) is 0. The van der Waals surface area contributed by atoms with Crippen LogP contribution in [0.3, 0.4) is 0 Å². The Morgan fingerprint density at radius 2 is 2.26 bits per heavy atom. The molecule has 1 aromatic heterocycles. The first-order chi connectivity index (χ1) is 9.29. The largest absolute Gasteiger partial charge is 0.372 e. The number of para-hydroxylation sites is 1. The van der Waals surface area contributed by atoms with E-state index in [4.69, 9.17) is 4.74 Å². The predicted molar refractivity (Wildman–Crippen MR) is 71.6 cm³/mol. The second-order valence-electron chi connectivity index (χ2n) is 4.82. The van der Waals surface area contributed by atoms with Crippen molar-refractivity contribution in [3.8, 4) is 5.69 Å². The van der Waals surface area contributed by atoms with Gasteiger partial charge in [0.05, 0.1) is 11.3 Å². The number of aldehydes is 1. The van der Waals surface area contributed by atoms with Gasteiger partial charge in [-0.25, -0.2) is 4.68 Å². The third kappa shape index (κ3) is 2.19. The smallest absolute Gasteiger partial charge is 0.153 e. The van der Waals surface area contributed by atoms with E-state index in [-0.39, 0.29) is 6.10 Å². The number of nitrogens with zero attached hydrogens (tertiary/aromatic N) is 2. The van der Waals surface area contributed by atoms with Crippen molar-refractivity contribution in [3.63, 3.8) is 0 Å². The van der Waals surface area contributed by atoms with Gasteiger partial charge in [-0.15, -0.1) is 0 Å². The predicted octanol–water partition coefficient (Wildman–Crippen LogP) is 2.84. The lowest BCUT2D eigenvalue weighted by molar-refractivity contribution is 0.104. The van der Waals surface area contributed by atoms with Gasteiger partial charge in [0.15, 0.2) is 6.29 Å². The van der Waals surface area contributed by atoms with Crippen LogP contribution in [-0.4, -0.2) is 22.7 Å². The fourth-order valence-corrected chi connectivity index (χ4v) is 2.48. The third-order valence-corrected chi connectivity index (χ3v) is 3.50. The SMILES string of the molecule is Cc1ccccc1-n1cc(C=O)c(C2CCCO2)n1. The quantitative estimate of drug-likeness (QED) is 0.793. The van der Waals surface area contributed by atoms with E-state index in [0.717, 1.165) is 42.7 Å². The zero-order valence-electron chi connectivity index (χ0n) is 10.9. The Hall–Kier alpha value is -1.94. The number of hydrogen-bond donors (Lipinski definition) is 0. The summed E-state index contributed by atoms with van der Waals surface area (Å²) in [7, 11) is 0. The van der Waals surface area contributed by atoms with Gasteiger partial charge in [-0.3, -0.25) is 4.79 Å². The standard InChI is InChI=1S/C15H16N2O2/c1-11-5-2-3-6-13(11)17-9-12(10-18)15(16-17)14-7-4-8-19-14/h2-3,5-6,9-10,14H,4,7-8H2,1H3. The van der Waals surface area contributed by atoms with Crippen LogP contribution >= 0.6 is 0 Å². The third-order valence-electron chi connectivity index (χ3n) is 3.50. The van der Waals surface area contributed by atoms with Gasteiger partial charge in [0.1, 0.15) is 11.8 Å². The van der Waals surface area contributed by atoms with E-state index in [1.165, 1.54) is 0 Å². The molecule has 4 nitrogen and oxygen atoms in total. The molecule has 19 heavy (non-hydrogen) atoms. The molecule has 1 saturated heterocycles. The Morgan fingerprint density at radius 3 is 2.95 bits per heavy atom. The highest BCUT2D eigenvalue weighted by Gasteiger charge is 2.24. The van der Waals surface area contributed by atoms with Crippen LogP contribution in [0.1, 0.15) is 40.6 Å². The molecule has 1 fully saturated rings. The minimum atomic E-state index is -0.0366. The zero-order valence-corrected chi connectivity index (χ0v) is 10.9. The second kappa shape index (κ2) is 4.97. The average molecular weight is 256 g/mol. The summed E-state index contributed by atoms with van der Waals surface area (Å²) in [5.41, 5.74) is 3.50. The molecule has 0 spiro atoms. The van der Waals surface area contributed by atoms with Crippen LogP contribution in [0.15, 0.2) is 30.5 Å². The maximum absolute atomic E-state index is 11.2. The summed E-state index contributed by atoms with van der Waals surface area (Å²) in [4.78, 5) is 11.2. The molecule has 1 aromatic carbocycles. The molecule has 0 bridgehead atoms. The second-order valence-corrected chi connectivity index (χ2v) is 4.82. The molecule has 0 N–H and O–H groups in total. The molecule has 0 saturated carbocycles. The van der Waals surface area contributed by atoms with Gasteiger partial charge >= 0.3 is 0 Å². The van der Waals surface area contributed by atoms with Crippen molar-refractivity contribution in [2.75, 3.05) is 6.61 Å². The van der Waals surface area contributed by atoms with Crippen LogP contribution in [-0.2, 0) is 4.74 Å². The Balaban J connectivity index is 2.04. The molecule has 0 radical (unpaired) electrons. The normalized spacial score (nSPS) is 18.7. The molecular formula is C15H16N2O2. The Labute approximate surface area is 112 Å². The number of rotatable bonds is 3. The molecule has 3 rings (SSSR count). The number of benzene rings is 1. The molecular weight excluding hydrogens is 240 g/mol. The van der Waals surface area contributed by atoms with Crippen LogP contribution in [0.4, 0.5) is 0 Å². The summed E-state index contributed by atoms with van der Waals surface area (Å²) in [6.45, 7) is 2.78. The van der Waals surface area contributed by atoms with Gasteiger partial charge in [0.25, 0.3) is 0 Å². The van der Waals surface area contributed by atoms with Crippen molar-refractivity contribution in [2.24, 2.45) is 0 Å². The maximum Gasteiger partial charge on any atom is 0.153 e. The summed E-state index contributed by atoms with van der Waals surface area (Å²) < 4.78 is 7.40. The number of carbonyl (C=O) groups is 1. The number of hydrogen-bond acceptors (Lipinski definition) is 3. The molecule has 2 heterocycles. The Bertz CT molecular complexity index is 598. The summed E-state index contributed by atoms with van der Waals surface area (Å²) >= 11 is 0. The summed E-state index contributed by atoms with van der Waals surface area (Å²) in [6, 6.07) is 7.99. The highest BCUT2D eigenvalue weighted by atomic mass is 16.5. The van der Waals surface area contributed by atoms with Crippen LogP contribution in [0, 0.1) is 6.92 Å². The van der Waals surface area contributed by atoms with E-state index < -0.39 is 0 Å². The van der Waals surface area contributed by atoms with Crippen LogP contribution in [0.5, 0.6) is 0 Å². The maximum atomic E-state index is 11.2. The monoisotopic (exact) mass is 256 g/mol. The average Bonchev–Trinajstić information content (AvgIpc) is 3.08. The van der Waals surface area contributed by atoms with Crippen molar-refractivity contribution in [2.45, 2.75) is 25.9 Å². The van der Waals surface area contributed by atoms with Crippen molar-refractivity contribution < 1.29 is 9.53 Å². The van der Waals surface area contributed by atoms with Crippen LogP contribution < -0.4 is 0 Å². The fraction of sp³-hybridized carbons (Fsp3) is 0.333. The molecule has 4 heteroatoms. The first-order valence-corrected chi connectivity index (χ1v) is 6.52. The topological polar surface area (TPSA) is 44.1 Å². The van der Waals surface area contributed by atoms with Crippen molar-refractivity contribution in [3.05, 3.63) is 47.3 Å². The van der Waals surface area contributed by atoms with Gasteiger partial charge < -0.3 is 4.74 Å². The first-order valence-electron chi connectivity index (χ1n) is 6.52. The van der Waals surface area contributed by atoms with Crippen LogP contribution in [0.25, 0.3) is 5.69 Å². The highest BCUT2D eigenvalue weighted by molar-refractivity contribution is 5.76. The fourth-order valence-electron chi connectivity index (χ4n) is 2.48. The lowest BCUT2D eigenvalue weighted by atomic mass is 10.1. The molecule has 1 unspecified atom stereocenters. The van der Waals surface area contributed by atoms with E-state index in [2.05, 4.69) is 5.10 Å². The number of aryl methyl sites for hydroxylation is 1. The van der Waals surface area contributed by atoms with Gasteiger partial charge in [0.2, 0.25) is 0 Å². The minimum Gasteiger partial charge on any atom is -0.372 e. The number of ether oxygens (including phenoxy) is 1. The summed E-state index contributed by atoms with van der Waals surface area (Å²) in [5, 5.41) is 4.55. The van der Waals surface area contributed by atoms with Gasteiger partial charge in [-0.05, 0) is 31.4 Å². The van der Waals surface area contributed by atoms with Crippen molar-refractivity contribution in [1.29, 1.82) is 0 Å². The minimum absolute atomic E-state index is 0.0366. The van der Waals surface area contributed by atoms with E-state index in [0.29, 0.717) is 5.56 Å². The zero-order chi connectivity index (χ0) is 13.2. The van der Waals surface area contributed by atoms with Gasteiger partial charge in [-0.1, -0.05) is 18.2 Å². The molecule has 1 aliphatic heterocycles. The molecule has 98 valence electrons. The van der Waals surface area contributed by atoms with E-state index in [1.54, 1.807) is 10.9 Å². The summed E-state index contributed by atoms with van der Waals surface area (Å²) in [6.07, 6.45) is 4.57. The Kier molecular flexibility index (Phi) is 3.17. The van der Waals surface area contributed by atoms with E-state index in [9.17, 15) is 4.79 Å². The van der Waals surface area contributed by atoms with Crippen molar-refractivity contribution in [1.82, 2.24) is 9.78 Å². The lowest BCUT2D eigenvalue weighted by Gasteiger charge is -2.07.